The molecular weight excluding hydrogens is 200 g/mol. The van der Waals surface area contributed by atoms with Crippen LogP contribution >= 0.6 is 0 Å². The van der Waals surface area contributed by atoms with Crippen molar-refractivity contribution in [2.45, 2.75) is 25.4 Å². The molecule has 0 aliphatic rings. The number of alkyl halides is 2. The lowest BCUT2D eigenvalue weighted by Crippen LogP contribution is -2.15. The molecule has 0 radical (unpaired) electrons. The normalized spacial score (nSPS) is 13.9. The molecule has 0 heterocycles. The number of nitrogens with two attached hydrogens (primary N) is 1. The van der Waals surface area contributed by atoms with Crippen LogP contribution in [0.25, 0.3) is 0 Å². The molecule has 0 amide bonds. The molecule has 0 aromatic heterocycles. The molecule has 1 rings (SSSR count). The molecule has 1 atom stereocenters. The maximum Gasteiger partial charge on any atom is 0.270 e. The van der Waals surface area contributed by atoms with E-state index in [4.69, 9.17) is 5.73 Å². The Morgan fingerprint density at radius 3 is 2.53 bits per heavy atom. The predicted molar refractivity (Wildman–Crippen MR) is 54.6 cm³/mol. The molecule has 0 aliphatic carbocycles. The highest BCUT2D eigenvalue weighted by Crippen LogP contribution is 2.33. The molecule has 0 saturated heterocycles. The molecule has 1 aromatic rings. The van der Waals surface area contributed by atoms with Crippen molar-refractivity contribution in [1.82, 2.24) is 0 Å². The fraction of sp³-hybridized carbons (Fsp3) is 0.455. The monoisotopic (exact) mass is 215 g/mol. The zero-order chi connectivity index (χ0) is 11.5. The van der Waals surface area contributed by atoms with E-state index in [1.54, 1.807) is 6.07 Å². The van der Waals surface area contributed by atoms with Gasteiger partial charge < -0.3 is 10.8 Å². The first-order valence-corrected chi connectivity index (χ1v) is 4.82. The van der Waals surface area contributed by atoms with Gasteiger partial charge in [-0.1, -0.05) is 24.3 Å². The third-order valence-corrected chi connectivity index (χ3v) is 2.23. The standard InChI is InChI=1S/C11H15F2NO/c1-11(12,13)9-5-3-2-4-8(9)10(15)6-7-14/h2-5,10,15H,6-7,14H2,1H3. The Hall–Kier alpha value is -1.00. The van der Waals surface area contributed by atoms with Crippen molar-refractivity contribution in [1.29, 1.82) is 0 Å². The fourth-order valence-electron chi connectivity index (χ4n) is 1.50. The summed E-state index contributed by atoms with van der Waals surface area (Å²) < 4.78 is 26.3. The summed E-state index contributed by atoms with van der Waals surface area (Å²) in [6.45, 7) is 1.09. The van der Waals surface area contributed by atoms with Crippen molar-refractivity contribution in [3.05, 3.63) is 35.4 Å². The van der Waals surface area contributed by atoms with Crippen LogP contribution in [0.4, 0.5) is 8.78 Å². The Bertz CT molecular complexity index is 323. The van der Waals surface area contributed by atoms with Crippen molar-refractivity contribution in [2.24, 2.45) is 5.73 Å². The second kappa shape index (κ2) is 4.68. The second-order valence-corrected chi connectivity index (χ2v) is 3.57. The summed E-state index contributed by atoms with van der Waals surface area (Å²) in [5, 5.41) is 9.65. The summed E-state index contributed by atoms with van der Waals surface area (Å²) >= 11 is 0. The molecule has 0 aliphatic heterocycles. The predicted octanol–water partition coefficient (Wildman–Crippen LogP) is 2.18. The Balaban J connectivity index is 3.06. The van der Waals surface area contributed by atoms with Crippen molar-refractivity contribution in [2.75, 3.05) is 6.54 Å². The largest absolute Gasteiger partial charge is 0.388 e. The molecule has 2 nitrogen and oxygen atoms in total. The quantitative estimate of drug-likeness (QED) is 0.808. The van der Waals surface area contributed by atoms with Crippen LogP contribution in [-0.2, 0) is 5.92 Å². The molecule has 84 valence electrons. The first-order chi connectivity index (χ1) is 6.96. The van der Waals surface area contributed by atoms with Gasteiger partial charge in [0.25, 0.3) is 5.92 Å². The minimum atomic E-state index is -2.94. The Labute approximate surface area is 87.7 Å². The van der Waals surface area contributed by atoms with E-state index >= 15 is 0 Å². The van der Waals surface area contributed by atoms with Gasteiger partial charge in [-0.25, -0.2) is 8.78 Å². The van der Waals surface area contributed by atoms with E-state index in [9.17, 15) is 13.9 Å². The van der Waals surface area contributed by atoms with E-state index in [1.807, 2.05) is 0 Å². The zero-order valence-electron chi connectivity index (χ0n) is 8.58. The van der Waals surface area contributed by atoms with E-state index in [-0.39, 0.29) is 24.1 Å². The highest BCUT2D eigenvalue weighted by molar-refractivity contribution is 5.32. The maximum atomic E-state index is 13.2. The van der Waals surface area contributed by atoms with Gasteiger partial charge in [0.05, 0.1) is 6.10 Å². The van der Waals surface area contributed by atoms with Crippen LogP contribution in [0, 0.1) is 0 Å². The second-order valence-electron chi connectivity index (χ2n) is 3.57. The minimum absolute atomic E-state index is 0.133. The average molecular weight is 215 g/mol. The minimum Gasteiger partial charge on any atom is -0.388 e. The van der Waals surface area contributed by atoms with Crippen LogP contribution < -0.4 is 5.73 Å². The van der Waals surface area contributed by atoms with Crippen LogP contribution in [0.1, 0.15) is 30.6 Å². The van der Waals surface area contributed by atoms with Gasteiger partial charge in [0.2, 0.25) is 0 Å². The highest BCUT2D eigenvalue weighted by atomic mass is 19.3. The molecule has 1 unspecified atom stereocenters. The maximum absolute atomic E-state index is 13.2. The van der Waals surface area contributed by atoms with E-state index in [0.717, 1.165) is 6.92 Å². The first kappa shape index (κ1) is 12.1. The van der Waals surface area contributed by atoms with Crippen molar-refractivity contribution in [3.63, 3.8) is 0 Å². The van der Waals surface area contributed by atoms with E-state index in [2.05, 4.69) is 0 Å². The summed E-state index contributed by atoms with van der Waals surface area (Å²) in [4.78, 5) is 0. The molecule has 0 fully saturated rings. The molecule has 0 bridgehead atoms. The van der Waals surface area contributed by atoms with Gasteiger partial charge in [-0.2, -0.15) is 0 Å². The van der Waals surface area contributed by atoms with E-state index in [1.165, 1.54) is 18.2 Å². The number of halogens is 2. The lowest BCUT2D eigenvalue weighted by molar-refractivity contribution is 0.0135. The lowest BCUT2D eigenvalue weighted by Gasteiger charge is -2.19. The Morgan fingerprint density at radius 1 is 1.40 bits per heavy atom. The topological polar surface area (TPSA) is 46.2 Å². The molecule has 0 saturated carbocycles. The van der Waals surface area contributed by atoms with Crippen molar-refractivity contribution >= 4 is 0 Å². The van der Waals surface area contributed by atoms with E-state index < -0.39 is 12.0 Å². The highest BCUT2D eigenvalue weighted by Gasteiger charge is 2.28. The molecule has 4 heteroatoms. The summed E-state index contributed by atoms with van der Waals surface area (Å²) in [6, 6.07) is 6.00. The third-order valence-electron chi connectivity index (χ3n) is 2.23. The van der Waals surface area contributed by atoms with Gasteiger partial charge in [0.1, 0.15) is 0 Å². The molecule has 0 spiro atoms. The van der Waals surface area contributed by atoms with Crippen LogP contribution in [-0.4, -0.2) is 11.7 Å². The van der Waals surface area contributed by atoms with E-state index in [0.29, 0.717) is 0 Å². The summed E-state index contributed by atoms with van der Waals surface area (Å²) in [5.74, 6) is -2.94. The van der Waals surface area contributed by atoms with Gasteiger partial charge in [0.15, 0.2) is 0 Å². The van der Waals surface area contributed by atoms with Crippen LogP contribution in [0.5, 0.6) is 0 Å². The van der Waals surface area contributed by atoms with Crippen LogP contribution in [0.2, 0.25) is 0 Å². The van der Waals surface area contributed by atoms with Gasteiger partial charge in [-0.15, -0.1) is 0 Å². The number of aliphatic hydroxyl groups excluding tert-OH is 1. The van der Waals surface area contributed by atoms with Crippen molar-refractivity contribution in [3.8, 4) is 0 Å². The van der Waals surface area contributed by atoms with Crippen LogP contribution in [0.3, 0.4) is 0 Å². The first-order valence-electron chi connectivity index (χ1n) is 4.82. The SMILES string of the molecule is CC(F)(F)c1ccccc1C(O)CCN. The number of hydrogen-bond acceptors (Lipinski definition) is 2. The molecule has 15 heavy (non-hydrogen) atoms. The lowest BCUT2D eigenvalue weighted by atomic mass is 9.97. The molecular formula is C11H15F2NO. The zero-order valence-corrected chi connectivity index (χ0v) is 8.58. The number of benzene rings is 1. The third kappa shape index (κ3) is 2.97. The number of aliphatic hydroxyl groups is 1. The summed E-state index contributed by atoms with van der Waals surface area (Å²) in [6.07, 6.45) is -0.635. The average Bonchev–Trinajstić information content (AvgIpc) is 2.17. The fourth-order valence-corrected chi connectivity index (χ4v) is 1.50. The van der Waals surface area contributed by atoms with Crippen molar-refractivity contribution < 1.29 is 13.9 Å². The Kier molecular flexibility index (Phi) is 3.77. The van der Waals surface area contributed by atoms with Gasteiger partial charge >= 0.3 is 0 Å². The summed E-state index contributed by atoms with van der Waals surface area (Å²) in [7, 11) is 0. The van der Waals surface area contributed by atoms with Gasteiger partial charge in [-0.05, 0) is 18.5 Å². The van der Waals surface area contributed by atoms with Gasteiger partial charge in [0, 0.05) is 12.5 Å². The van der Waals surface area contributed by atoms with Crippen LogP contribution in [0.15, 0.2) is 24.3 Å². The number of hydrogen-bond donors (Lipinski definition) is 2. The molecule has 3 N–H and O–H groups in total. The summed E-state index contributed by atoms with van der Waals surface area (Å²) in [5.41, 5.74) is 5.40. The molecule has 1 aromatic carbocycles. The smallest absolute Gasteiger partial charge is 0.270 e. The Morgan fingerprint density at radius 2 is 2.00 bits per heavy atom. The van der Waals surface area contributed by atoms with Gasteiger partial charge in [-0.3, -0.25) is 0 Å². The number of rotatable bonds is 4.